The predicted octanol–water partition coefficient (Wildman–Crippen LogP) is 2.12. The van der Waals surface area contributed by atoms with Gasteiger partial charge in [0.25, 0.3) is 11.8 Å². The van der Waals surface area contributed by atoms with E-state index < -0.39 is 10.0 Å². The summed E-state index contributed by atoms with van der Waals surface area (Å²) >= 11 is 0. The van der Waals surface area contributed by atoms with E-state index in [9.17, 15) is 18.0 Å². The van der Waals surface area contributed by atoms with Gasteiger partial charge in [0.05, 0.1) is 4.90 Å². The molecule has 0 atom stereocenters. The second kappa shape index (κ2) is 8.75. The molecule has 1 aliphatic carbocycles. The van der Waals surface area contributed by atoms with Crippen LogP contribution in [0.15, 0.2) is 47.4 Å². The van der Waals surface area contributed by atoms with Gasteiger partial charge in [-0.1, -0.05) is 25.1 Å². The number of nitrogens with one attached hydrogen (secondary N) is 3. The van der Waals surface area contributed by atoms with Crippen LogP contribution in [0, 0.1) is 6.92 Å². The molecule has 154 valence electrons. The minimum absolute atomic E-state index is 0.0566. The number of carbonyl (C=O) groups excluding carboxylic acids is 2. The highest BCUT2D eigenvalue weighted by molar-refractivity contribution is 7.89. The Morgan fingerprint density at radius 1 is 1.03 bits per heavy atom. The van der Waals surface area contributed by atoms with Crippen LogP contribution in [0.2, 0.25) is 0 Å². The van der Waals surface area contributed by atoms with E-state index in [2.05, 4.69) is 15.4 Å². The molecule has 0 radical (unpaired) electrons. The first-order chi connectivity index (χ1) is 13.8. The Kier molecular flexibility index (Phi) is 6.34. The average Bonchev–Trinajstić information content (AvgIpc) is 3.50. The Morgan fingerprint density at radius 3 is 2.34 bits per heavy atom. The Hall–Kier alpha value is -2.71. The molecule has 1 saturated carbocycles. The van der Waals surface area contributed by atoms with Crippen molar-refractivity contribution in [2.75, 3.05) is 6.54 Å². The molecule has 1 aliphatic rings. The molecule has 0 saturated heterocycles. The Bertz CT molecular complexity index is 1010. The molecule has 1 fully saturated rings. The third-order valence-corrected chi connectivity index (χ3v) is 6.22. The van der Waals surface area contributed by atoms with E-state index in [4.69, 9.17) is 0 Å². The van der Waals surface area contributed by atoms with Crippen LogP contribution in [0.5, 0.6) is 0 Å². The van der Waals surface area contributed by atoms with Crippen LogP contribution in [0.3, 0.4) is 0 Å². The fraction of sp³-hybridized carbons (Fsp3) is 0.333. The average molecular weight is 416 g/mol. The summed E-state index contributed by atoms with van der Waals surface area (Å²) in [5, 5.41) is 5.73. The first kappa shape index (κ1) is 21.0. The van der Waals surface area contributed by atoms with Crippen molar-refractivity contribution in [3.63, 3.8) is 0 Å². The Balaban J connectivity index is 1.65. The van der Waals surface area contributed by atoms with E-state index in [0.29, 0.717) is 22.7 Å². The topological polar surface area (TPSA) is 104 Å². The van der Waals surface area contributed by atoms with Gasteiger partial charge in [-0.05, 0) is 55.2 Å². The maximum Gasteiger partial charge on any atom is 0.251 e. The molecule has 0 unspecified atom stereocenters. The molecule has 3 rings (SSSR count). The summed E-state index contributed by atoms with van der Waals surface area (Å²) in [5.41, 5.74) is 2.43. The van der Waals surface area contributed by atoms with E-state index in [1.54, 1.807) is 44.2 Å². The lowest BCUT2D eigenvalue weighted by Gasteiger charge is -2.11. The van der Waals surface area contributed by atoms with E-state index >= 15 is 0 Å². The molecule has 2 aromatic rings. The fourth-order valence-corrected chi connectivity index (χ4v) is 3.90. The number of sulfonamides is 1. The third-order valence-electron chi connectivity index (χ3n) is 4.68. The van der Waals surface area contributed by atoms with Gasteiger partial charge < -0.3 is 10.6 Å². The van der Waals surface area contributed by atoms with E-state index in [-0.39, 0.29) is 29.8 Å². The fourth-order valence-electron chi connectivity index (χ4n) is 2.83. The second-order valence-electron chi connectivity index (χ2n) is 7.11. The number of benzene rings is 2. The first-order valence-electron chi connectivity index (χ1n) is 9.58. The van der Waals surface area contributed by atoms with Gasteiger partial charge in [-0.15, -0.1) is 0 Å². The van der Waals surface area contributed by atoms with Gasteiger partial charge in [0.15, 0.2) is 0 Å². The lowest BCUT2D eigenvalue weighted by Crippen LogP contribution is -2.26. The van der Waals surface area contributed by atoms with Crippen molar-refractivity contribution in [1.29, 1.82) is 0 Å². The number of amides is 2. The molecule has 3 N–H and O–H groups in total. The number of carbonyl (C=O) groups is 2. The van der Waals surface area contributed by atoms with Crippen LogP contribution in [-0.4, -0.2) is 32.8 Å². The van der Waals surface area contributed by atoms with Crippen LogP contribution >= 0.6 is 0 Å². The molecule has 0 bridgehead atoms. The van der Waals surface area contributed by atoms with Crippen molar-refractivity contribution >= 4 is 21.8 Å². The predicted molar refractivity (Wildman–Crippen MR) is 110 cm³/mol. The van der Waals surface area contributed by atoms with Crippen molar-refractivity contribution < 1.29 is 18.0 Å². The second-order valence-corrected chi connectivity index (χ2v) is 8.87. The van der Waals surface area contributed by atoms with Crippen molar-refractivity contribution in [3.8, 4) is 0 Å². The molecule has 7 nitrogen and oxygen atoms in total. The van der Waals surface area contributed by atoms with E-state index in [1.807, 2.05) is 0 Å². The zero-order chi connectivity index (χ0) is 21.0. The van der Waals surface area contributed by atoms with Crippen molar-refractivity contribution in [1.82, 2.24) is 15.4 Å². The molecule has 2 aromatic carbocycles. The van der Waals surface area contributed by atoms with E-state index in [1.165, 1.54) is 12.1 Å². The normalized spacial score (nSPS) is 13.7. The molecule has 8 heteroatoms. The lowest BCUT2D eigenvalue weighted by atomic mass is 10.1. The highest BCUT2D eigenvalue weighted by Crippen LogP contribution is 2.19. The zero-order valence-electron chi connectivity index (χ0n) is 16.5. The van der Waals surface area contributed by atoms with Crippen LogP contribution in [-0.2, 0) is 16.6 Å². The van der Waals surface area contributed by atoms with Gasteiger partial charge in [0, 0.05) is 30.3 Å². The van der Waals surface area contributed by atoms with Crippen LogP contribution in [0.4, 0.5) is 0 Å². The van der Waals surface area contributed by atoms with Crippen molar-refractivity contribution in [2.45, 2.75) is 44.2 Å². The summed E-state index contributed by atoms with van der Waals surface area (Å²) in [6.07, 6.45) is 2.07. The maximum atomic E-state index is 12.6. The molecule has 0 heterocycles. The minimum Gasteiger partial charge on any atom is -0.349 e. The van der Waals surface area contributed by atoms with Crippen molar-refractivity contribution in [3.05, 3.63) is 64.7 Å². The van der Waals surface area contributed by atoms with Gasteiger partial charge >= 0.3 is 0 Å². The molecule has 29 heavy (non-hydrogen) atoms. The monoisotopic (exact) mass is 415 g/mol. The molecule has 0 aliphatic heterocycles. The Morgan fingerprint density at radius 2 is 1.72 bits per heavy atom. The highest BCUT2D eigenvalue weighted by Gasteiger charge is 2.23. The lowest BCUT2D eigenvalue weighted by molar-refractivity contribution is 0.0941. The summed E-state index contributed by atoms with van der Waals surface area (Å²) in [6.45, 7) is 3.99. The van der Waals surface area contributed by atoms with Gasteiger partial charge in [0.1, 0.15) is 0 Å². The number of rotatable bonds is 8. The van der Waals surface area contributed by atoms with Gasteiger partial charge in [-0.2, -0.15) is 0 Å². The SMILES string of the molecule is CCNS(=O)(=O)c1ccc(C)c(C(=O)NCc2ccc(C(=O)NC3CC3)cc2)c1. The standard InChI is InChI=1S/C21H25N3O4S/c1-3-23-29(27,28)18-11-4-14(2)19(12-18)21(26)22-13-15-5-7-16(8-6-15)20(25)24-17-9-10-17/h4-8,11-12,17,23H,3,9-10,13H2,1-2H3,(H,22,26)(H,24,25). The zero-order valence-corrected chi connectivity index (χ0v) is 17.3. The molecule has 0 spiro atoms. The number of hydrogen-bond donors (Lipinski definition) is 3. The number of aryl methyl sites for hydroxylation is 1. The molecule has 0 aromatic heterocycles. The smallest absolute Gasteiger partial charge is 0.251 e. The maximum absolute atomic E-state index is 12.6. The highest BCUT2D eigenvalue weighted by atomic mass is 32.2. The Labute approximate surface area is 171 Å². The summed E-state index contributed by atoms with van der Waals surface area (Å²) in [6, 6.07) is 11.8. The van der Waals surface area contributed by atoms with Crippen LogP contribution in [0.1, 0.15) is 51.6 Å². The molecular formula is C21H25N3O4S. The minimum atomic E-state index is -3.64. The van der Waals surface area contributed by atoms with E-state index in [0.717, 1.165) is 18.4 Å². The number of hydrogen-bond acceptors (Lipinski definition) is 4. The van der Waals surface area contributed by atoms with Gasteiger partial charge in [-0.25, -0.2) is 13.1 Å². The summed E-state index contributed by atoms with van der Waals surface area (Å²) in [5.74, 6) is -0.441. The summed E-state index contributed by atoms with van der Waals surface area (Å²) in [7, 11) is -3.64. The summed E-state index contributed by atoms with van der Waals surface area (Å²) in [4.78, 5) is 24.7. The largest absolute Gasteiger partial charge is 0.349 e. The first-order valence-corrected chi connectivity index (χ1v) is 11.1. The molecular weight excluding hydrogens is 390 g/mol. The summed E-state index contributed by atoms with van der Waals surface area (Å²) < 4.78 is 26.8. The third kappa shape index (κ3) is 5.42. The quantitative estimate of drug-likeness (QED) is 0.614. The van der Waals surface area contributed by atoms with Gasteiger partial charge in [0.2, 0.25) is 10.0 Å². The van der Waals surface area contributed by atoms with Crippen LogP contribution < -0.4 is 15.4 Å². The van der Waals surface area contributed by atoms with Crippen molar-refractivity contribution in [2.24, 2.45) is 0 Å². The molecule has 2 amide bonds. The van der Waals surface area contributed by atoms with Gasteiger partial charge in [-0.3, -0.25) is 9.59 Å². The van der Waals surface area contributed by atoms with Crippen LogP contribution in [0.25, 0.3) is 0 Å².